The first kappa shape index (κ1) is 23.7. The molecule has 0 unspecified atom stereocenters. The molecule has 0 aromatic heterocycles. The molecule has 2 N–H and O–H groups in total. The predicted molar refractivity (Wildman–Crippen MR) is 128 cm³/mol. The summed E-state index contributed by atoms with van der Waals surface area (Å²) in [7, 11) is 4.51. The Kier molecular flexibility index (Phi) is 7.94. The number of benzene rings is 3. The molecule has 0 radical (unpaired) electrons. The molecule has 33 heavy (non-hydrogen) atoms. The van der Waals surface area contributed by atoms with E-state index in [0.717, 1.165) is 0 Å². The Labute approximate surface area is 196 Å². The Morgan fingerprint density at radius 2 is 1.48 bits per heavy atom. The Balaban J connectivity index is 1.96. The number of carbonyl (C=O) groups excluding carboxylic acids is 2. The molecule has 0 spiro atoms. The van der Waals surface area contributed by atoms with Gasteiger partial charge in [0.05, 0.1) is 32.0 Å². The summed E-state index contributed by atoms with van der Waals surface area (Å²) in [4.78, 5) is 26.1. The number of anilines is 1. The van der Waals surface area contributed by atoms with Gasteiger partial charge in [0.2, 0.25) is 0 Å². The van der Waals surface area contributed by atoms with Crippen molar-refractivity contribution < 1.29 is 23.8 Å². The van der Waals surface area contributed by atoms with Crippen LogP contribution in [0.15, 0.2) is 72.4 Å². The fraction of sp³-hybridized carbons (Fsp3) is 0.120. The number of hydrogen-bond acceptors (Lipinski definition) is 5. The van der Waals surface area contributed by atoms with Gasteiger partial charge in [-0.05, 0) is 42.5 Å². The highest BCUT2D eigenvalue weighted by Gasteiger charge is 2.18. The van der Waals surface area contributed by atoms with Gasteiger partial charge in [0.25, 0.3) is 11.8 Å². The highest BCUT2D eigenvalue weighted by atomic mass is 35.5. The average molecular weight is 467 g/mol. The number of hydrogen-bond donors (Lipinski definition) is 2. The van der Waals surface area contributed by atoms with E-state index in [-0.39, 0.29) is 11.3 Å². The Morgan fingerprint density at radius 1 is 0.818 bits per heavy atom. The van der Waals surface area contributed by atoms with Crippen LogP contribution in [0.3, 0.4) is 0 Å². The Hall–Kier alpha value is -3.97. The summed E-state index contributed by atoms with van der Waals surface area (Å²) in [5.74, 6) is 0.353. The monoisotopic (exact) mass is 466 g/mol. The van der Waals surface area contributed by atoms with Gasteiger partial charge in [-0.2, -0.15) is 0 Å². The van der Waals surface area contributed by atoms with Crippen molar-refractivity contribution >= 4 is 35.2 Å². The third-order valence-electron chi connectivity index (χ3n) is 4.70. The fourth-order valence-electron chi connectivity index (χ4n) is 3.02. The van der Waals surface area contributed by atoms with Crippen molar-refractivity contribution in [3.63, 3.8) is 0 Å². The van der Waals surface area contributed by atoms with Crippen LogP contribution < -0.4 is 24.8 Å². The lowest BCUT2D eigenvalue weighted by molar-refractivity contribution is -0.113. The fourth-order valence-corrected chi connectivity index (χ4v) is 3.21. The zero-order valence-electron chi connectivity index (χ0n) is 18.3. The highest BCUT2D eigenvalue weighted by Crippen LogP contribution is 2.28. The molecule has 7 nitrogen and oxygen atoms in total. The van der Waals surface area contributed by atoms with Crippen LogP contribution in [0.5, 0.6) is 17.2 Å². The molecular weight excluding hydrogens is 444 g/mol. The van der Waals surface area contributed by atoms with Gasteiger partial charge in [-0.3, -0.25) is 9.59 Å². The summed E-state index contributed by atoms with van der Waals surface area (Å²) >= 11 is 6.18. The summed E-state index contributed by atoms with van der Waals surface area (Å²) in [5.41, 5.74) is 1.30. The summed E-state index contributed by atoms with van der Waals surface area (Å²) in [5, 5.41) is 5.77. The molecule has 0 atom stereocenters. The van der Waals surface area contributed by atoms with Crippen LogP contribution in [0.25, 0.3) is 6.08 Å². The maximum Gasteiger partial charge on any atom is 0.272 e. The number of para-hydroxylation sites is 2. The second-order valence-electron chi connectivity index (χ2n) is 6.76. The normalized spacial score (nSPS) is 10.8. The summed E-state index contributed by atoms with van der Waals surface area (Å²) < 4.78 is 15.8. The van der Waals surface area contributed by atoms with Gasteiger partial charge in [0.15, 0.2) is 11.5 Å². The minimum atomic E-state index is -0.553. The Morgan fingerprint density at radius 3 is 2.18 bits per heavy atom. The number of nitrogens with one attached hydrogen (secondary N) is 2. The van der Waals surface area contributed by atoms with Crippen LogP contribution >= 0.6 is 11.6 Å². The van der Waals surface area contributed by atoms with E-state index < -0.39 is 11.8 Å². The van der Waals surface area contributed by atoms with Crippen molar-refractivity contribution in [2.75, 3.05) is 26.6 Å². The molecule has 3 aromatic rings. The van der Waals surface area contributed by atoms with Crippen molar-refractivity contribution in [2.24, 2.45) is 0 Å². The maximum absolute atomic E-state index is 13.1. The maximum atomic E-state index is 13.1. The highest BCUT2D eigenvalue weighted by molar-refractivity contribution is 6.34. The molecule has 0 saturated carbocycles. The Bertz CT molecular complexity index is 1190. The number of halogens is 1. The molecule has 0 saturated heterocycles. The van der Waals surface area contributed by atoms with E-state index in [0.29, 0.717) is 33.5 Å². The number of methoxy groups -OCH3 is 3. The molecule has 8 heteroatoms. The quantitative estimate of drug-likeness (QED) is 0.467. The second kappa shape index (κ2) is 11.1. The zero-order valence-corrected chi connectivity index (χ0v) is 19.1. The molecular formula is C25H23ClN2O5. The molecule has 0 aliphatic heterocycles. The van der Waals surface area contributed by atoms with E-state index in [4.69, 9.17) is 25.8 Å². The van der Waals surface area contributed by atoms with Crippen molar-refractivity contribution in [1.82, 2.24) is 5.32 Å². The topological polar surface area (TPSA) is 85.9 Å². The molecule has 0 aliphatic carbocycles. The van der Waals surface area contributed by atoms with Crippen LogP contribution in [0.4, 0.5) is 5.69 Å². The van der Waals surface area contributed by atoms with Gasteiger partial charge in [-0.1, -0.05) is 41.9 Å². The minimum Gasteiger partial charge on any atom is -0.496 e. The summed E-state index contributed by atoms with van der Waals surface area (Å²) in [6.07, 6.45) is 1.53. The third kappa shape index (κ3) is 5.84. The lowest BCUT2D eigenvalue weighted by Gasteiger charge is -2.14. The molecule has 0 bridgehead atoms. The molecule has 0 aliphatic rings. The van der Waals surface area contributed by atoms with E-state index in [1.54, 1.807) is 54.6 Å². The van der Waals surface area contributed by atoms with E-state index in [1.807, 2.05) is 6.07 Å². The van der Waals surface area contributed by atoms with Gasteiger partial charge in [-0.15, -0.1) is 0 Å². The summed E-state index contributed by atoms with van der Waals surface area (Å²) in [6.45, 7) is 0. The first-order valence-electron chi connectivity index (χ1n) is 9.90. The first-order chi connectivity index (χ1) is 16.0. The average Bonchev–Trinajstić information content (AvgIpc) is 2.84. The van der Waals surface area contributed by atoms with Crippen LogP contribution in [0.1, 0.15) is 15.9 Å². The van der Waals surface area contributed by atoms with E-state index >= 15 is 0 Å². The van der Waals surface area contributed by atoms with Crippen molar-refractivity contribution in [2.45, 2.75) is 0 Å². The molecule has 2 amide bonds. The second-order valence-corrected chi connectivity index (χ2v) is 7.17. The van der Waals surface area contributed by atoms with E-state index in [9.17, 15) is 9.59 Å². The predicted octanol–water partition coefficient (Wildman–Crippen LogP) is 4.78. The van der Waals surface area contributed by atoms with Crippen molar-refractivity contribution in [3.05, 3.63) is 88.6 Å². The lowest BCUT2D eigenvalue weighted by Crippen LogP contribution is -2.30. The first-order valence-corrected chi connectivity index (χ1v) is 10.3. The van der Waals surface area contributed by atoms with Gasteiger partial charge in [0.1, 0.15) is 11.4 Å². The standard InChI is InChI=1S/C25H23ClN2O5/c1-31-21-11-7-4-8-16(21)14-20(25(30)27-19-10-6-5-9-18(19)26)28-24(29)17-12-13-22(32-2)23(15-17)33-3/h4-15H,1-3H3,(H,27,30)(H,28,29)/b20-14-. The molecule has 3 rings (SSSR count). The number of amides is 2. The minimum absolute atomic E-state index is 0.000736. The van der Waals surface area contributed by atoms with Crippen molar-refractivity contribution in [3.8, 4) is 17.2 Å². The molecule has 0 heterocycles. The van der Waals surface area contributed by atoms with Crippen molar-refractivity contribution in [1.29, 1.82) is 0 Å². The van der Waals surface area contributed by atoms with Crippen LogP contribution in [0, 0.1) is 0 Å². The molecule has 3 aromatic carbocycles. The largest absolute Gasteiger partial charge is 0.496 e. The van der Waals surface area contributed by atoms with Gasteiger partial charge < -0.3 is 24.8 Å². The number of rotatable bonds is 8. The van der Waals surface area contributed by atoms with Gasteiger partial charge in [0, 0.05) is 11.1 Å². The van der Waals surface area contributed by atoms with Gasteiger partial charge >= 0.3 is 0 Å². The number of ether oxygens (including phenoxy) is 3. The van der Waals surface area contributed by atoms with E-state index in [1.165, 1.54) is 33.5 Å². The SMILES string of the molecule is COc1ccccc1/C=C(\NC(=O)c1ccc(OC)c(OC)c1)C(=O)Nc1ccccc1Cl. The smallest absolute Gasteiger partial charge is 0.272 e. The molecule has 0 fully saturated rings. The third-order valence-corrected chi connectivity index (χ3v) is 5.03. The van der Waals surface area contributed by atoms with Gasteiger partial charge in [-0.25, -0.2) is 0 Å². The number of carbonyl (C=O) groups is 2. The van der Waals surface area contributed by atoms with Crippen LogP contribution in [-0.2, 0) is 4.79 Å². The lowest BCUT2D eigenvalue weighted by atomic mass is 10.1. The van der Waals surface area contributed by atoms with Crippen LogP contribution in [0.2, 0.25) is 5.02 Å². The molecule has 170 valence electrons. The zero-order chi connectivity index (χ0) is 23.8. The summed E-state index contributed by atoms with van der Waals surface area (Å²) in [6, 6.07) is 18.7. The van der Waals surface area contributed by atoms with E-state index in [2.05, 4.69) is 10.6 Å². The van der Waals surface area contributed by atoms with Crippen LogP contribution in [-0.4, -0.2) is 33.1 Å².